The Balaban J connectivity index is 0.00000289. The predicted molar refractivity (Wildman–Crippen MR) is 135 cm³/mol. The highest BCUT2D eigenvalue weighted by Crippen LogP contribution is 2.34. The molecule has 0 saturated carbocycles. The topological polar surface area (TPSA) is 62.0 Å². The van der Waals surface area contributed by atoms with Crippen LogP contribution in [-0.4, -0.2) is 57.3 Å². The molecule has 0 amide bonds. The molecule has 3 heterocycles. The van der Waals surface area contributed by atoms with Gasteiger partial charge in [0.25, 0.3) is 0 Å². The first-order chi connectivity index (χ1) is 15.2. The van der Waals surface area contributed by atoms with Crippen molar-refractivity contribution >= 4 is 29.9 Å². The molecule has 2 aliphatic heterocycles. The summed E-state index contributed by atoms with van der Waals surface area (Å²) in [5.41, 5.74) is 0.845. The van der Waals surface area contributed by atoms with Crippen LogP contribution in [-0.2, 0) is 10.2 Å². The number of halogens is 2. The third-order valence-corrected chi connectivity index (χ3v) is 6.62. The van der Waals surface area contributed by atoms with Gasteiger partial charge in [-0.1, -0.05) is 12.1 Å². The Morgan fingerprint density at radius 3 is 2.59 bits per heavy atom. The second-order valence-corrected chi connectivity index (χ2v) is 8.48. The highest BCUT2D eigenvalue weighted by molar-refractivity contribution is 14.0. The summed E-state index contributed by atoms with van der Waals surface area (Å²) in [4.78, 5) is 6.90. The van der Waals surface area contributed by atoms with Crippen LogP contribution in [0.4, 0.5) is 4.39 Å². The summed E-state index contributed by atoms with van der Waals surface area (Å²) in [6.07, 6.45) is 5.89. The van der Waals surface area contributed by atoms with E-state index >= 15 is 0 Å². The minimum atomic E-state index is -0.197. The average molecular weight is 556 g/mol. The van der Waals surface area contributed by atoms with Crippen LogP contribution in [0.1, 0.15) is 43.0 Å². The van der Waals surface area contributed by atoms with E-state index in [-0.39, 0.29) is 41.3 Å². The lowest BCUT2D eigenvalue weighted by Gasteiger charge is -2.38. The van der Waals surface area contributed by atoms with Gasteiger partial charge in [-0.3, -0.25) is 9.89 Å². The normalized spacial score (nSPS) is 19.9. The Morgan fingerprint density at radius 1 is 1.16 bits per heavy atom. The van der Waals surface area contributed by atoms with Gasteiger partial charge in [-0.05, 0) is 68.6 Å². The van der Waals surface area contributed by atoms with Gasteiger partial charge >= 0.3 is 0 Å². The summed E-state index contributed by atoms with van der Waals surface area (Å²) in [5.74, 6) is 1.53. The largest absolute Gasteiger partial charge is 0.468 e. The molecule has 1 atom stereocenters. The van der Waals surface area contributed by atoms with E-state index < -0.39 is 0 Å². The molecule has 6 nitrogen and oxygen atoms in total. The van der Waals surface area contributed by atoms with E-state index in [1.165, 1.54) is 18.9 Å². The molecule has 0 spiro atoms. The number of benzene rings is 1. The molecule has 0 radical (unpaired) electrons. The van der Waals surface area contributed by atoms with Crippen molar-refractivity contribution in [2.24, 2.45) is 4.99 Å². The molecular formula is C24H34FIN4O2. The van der Waals surface area contributed by atoms with E-state index in [2.05, 4.69) is 20.5 Å². The van der Waals surface area contributed by atoms with Crippen molar-refractivity contribution in [3.63, 3.8) is 0 Å². The van der Waals surface area contributed by atoms with Gasteiger partial charge in [0, 0.05) is 38.8 Å². The van der Waals surface area contributed by atoms with Crippen molar-refractivity contribution in [3.8, 4) is 0 Å². The summed E-state index contributed by atoms with van der Waals surface area (Å²) >= 11 is 0. The lowest BCUT2D eigenvalue weighted by atomic mass is 9.74. The first-order valence-electron chi connectivity index (χ1n) is 11.3. The average Bonchev–Trinajstić information content (AvgIpc) is 3.52. The van der Waals surface area contributed by atoms with Crippen molar-refractivity contribution in [1.82, 2.24) is 15.5 Å². The molecule has 4 rings (SSSR count). The van der Waals surface area contributed by atoms with Gasteiger partial charge in [-0.2, -0.15) is 0 Å². The maximum atomic E-state index is 13.9. The fourth-order valence-electron chi connectivity index (χ4n) is 4.76. The van der Waals surface area contributed by atoms with Crippen molar-refractivity contribution in [3.05, 3.63) is 59.8 Å². The molecule has 2 saturated heterocycles. The number of furan rings is 1. The van der Waals surface area contributed by atoms with Crippen LogP contribution in [0, 0.1) is 5.82 Å². The Hall–Kier alpha value is -1.65. The maximum Gasteiger partial charge on any atom is 0.191 e. The van der Waals surface area contributed by atoms with Crippen molar-refractivity contribution < 1.29 is 13.5 Å². The van der Waals surface area contributed by atoms with E-state index in [4.69, 9.17) is 9.15 Å². The first-order valence-corrected chi connectivity index (χ1v) is 11.3. The van der Waals surface area contributed by atoms with Gasteiger partial charge in [-0.15, -0.1) is 24.0 Å². The SMILES string of the molecule is CN=C(NCC(c1ccco1)N1CCCC1)NCC1(c2cccc(F)c2)CCOCC1.I. The first kappa shape index (κ1) is 25.0. The Morgan fingerprint density at radius 2 is 1.94 bits per heavy atom. The van der Waals surface area contributed by atoms with Crippen molar-refractivity contribution in [2.45, 2.75) is 37.1 Å². The van der Waals surface area contributed by atoms with Crippen LogP contribution in [0.2, 0.25) is 0 Å². The van der Waals surface area contributed by atoms with E-state index in [9.17, 15) is 4.39 Å². The molecule has 2 aromatic rings. The van der Waals surface area contributed by atoms with Crippen LogP contribution in [0.15, 0.2) is 52.1 Å². The summed E-state index contributed by atoms with van der Waals surface area (Å²) in [6, 6.07) is 11.1. The highest BCUT2D eigenvalue weighted by atomic mass is 127. The minimum absolute atomic E-state index is 0. The number of ether oxygens (including phenoxy) is 1. The van der Waals surface area contributed by atoms with Crippen molar-refractivity contribution in [2.75, 3.05) is 46.4 Å². The Kier molecular flexibility index (Phi) is 9.36. The smallest absolute Gasteiger partial charge is 0.191 e. The third kappa shape index (κ3) is 6.02. The molecule has 32 heavy (non-hydrogen) atoms. The summed E-state index contributed by atoms with van der Waals surface area (Å²) < 4.78 is 25.3. The van der Waals surface area contributed by atoms with Gasteiger partial charge in [0.05, 0.1) is 12.3 Å². The fraction of sp³-hybridized carbons (Fsp3) is 0.542. The number of aliphatic imine (C=N–C) groups is 1. The number of likely N-dealkylation sites (tertiary alicyclic amines) is 1. The van der Waals surface area contributed by atoms with E-state index in [0.29, 0.717) is 26.3 Å². The monoisotopic (exact) mass is 556 g/mol. The third-order valence-electron chi connectivity index (χ3n) is 6.62. The van der Waals surface area contributed by atoms with Gasteiger partial charge in [-0.25, -0.2) is 4.39 Å². The molecule has 1 aromatic carbocycles. The van der Waals surface area contributed by atoms with Crippen LogP contribution in [0.5, 0.6) is 0 Å². The van der Waals surface area contributed by atoms with Crippen LogP contribution in [0.25, 0.3) is 0 Å². The molecule has 2 aliphatic rings. The number of nitrogens with zero attached hydrogens (tertiary/aromatic N) is 2. The second-order valence-electron chi connectivity index (χ2n) is 8.48. The molecule has 8 heteroatoms. The number of hydrogen-bond acceptors (Lipinski definition) is 4. The number of nitrogens with one attached hydrogen (secondary N) is 2. The predicted octanol–water partition coefficient (Wildman–Crippen LogP) is 4.09. The zero-order valence-corrected chi connectivity index (χ0v) is 21.0. The van der Waals surface area contributed by atoms with Crippen LogP contribution in [0.3, 0.4) is 0 Å². The molecule has 2 N–H and O–H groups in total. The zero-order chi connectivity index (χ0) is 21.5. The highest BCUT2D eigenvalue weighted by Gasteiger charge is 2.35. The molecule has 0 bridgehead atoms. The molecule has 2 fully saturated rings. The Bertz CT molecular complexity index is 849. The van der Waals surface area contributed by atoms with Crippen molar-refractivity contribution in [1.29, 1.82) is 0 Å². The molecule has 1 aromatic heterocycles. The van der Waals surface area contributed by atoms with Crippen LogP contribution >= 0.6 is 24.0 Å². The van der Waals surface area contributed by atoms with Gasteiger partial charge in [0.1, 0.15) is 11.6 Å². The minimum Gasteiger partial charge on any atom is -0.468 e. The number of hydrogen-bond donors (Lipinski definition) is 2. The molecule has 176 valence electrons. The fourth-order valence-corrected chi connectivity index (χ4v) is 4.76. The van der Waals surface area contributed by atoms with Crippen LogP contribution < -0.4 is 10.6 Å². The summed E-state index contributed by atoms with van der Waals surface area (Å²) in [7, 11) is 1.78. The molecular weight excluding hydrogens is 522 g/mol. The second kappa shape index (κ2) is 12.0. The van der Waals surface area contributed by atoms with Gasteiger partial charge < -0.3 is 19.8 Å². The summed E-state index contributed by atoms with van der Waals surface area (Å²) in [5, 5.41) is 6.99. The number of rotatable bonds is 7. The lowest BCUT2D eigenvalue weighted by molar-refractivity contribution is 0.0512. The Labute approximate surface area is 207 Å². The molecule has 0 aliphatic carbocycles. The number of guanidine groups is 1. The lowest BCUT2D eigenvalue weighted by Crippen LogP contribution is -2.49. The maximum absolute atomic E-state index is 13.9. The van der Waals surface area contributed by atoms with E-state index in [1.807, 2.05) is 18.2 Å². The van der Waals surface area contributed by atoms with E-state index in [0.717, 1.165) is 43.2 Å². The quantitative estimate of drug-likeness (QED) is 0.306. The van der Waals surface area contributed by atoms with Gasteiger partial charge in [0.2, 0.25) is 0 Å². The van der Waals surface area contributed by atoms with E-state index in [1.54, 1.807) is 25.4 Å². The summed E-state index contributed by atoms with van der Waals surface area (Å²) in [6.45, 7) is 4.92. The van der Waals surface area contributed by atoms with Gasteiger partial charge in [0.15, 0.2) is 5.96 Å². The standard InChI is InChI=1S/C24H33FN4O2.HI/c1-26-23(27-17-21(22-8-5-13-31-22)29-11-2-3-12-29)28-18-24(9-14-30-15-10-24)19-6-4-7-20(25)16-19;/h4-8,13,16,21H,2-3,9-12,14-15,17-18H2,1H3,(H2,26,27,28);1H. The molecule has 1 unspecified atom stereocenters. The zero-order valence-electron chi connectivity index (χ0n) is 18.7.